The molecule has 1 aliphatic heterocycles. The van der Waals surface area contributed by atoms with Gasteiger partial charge in [0.2, 0.25) is 5.91 Å². The first kappa shape index (κ1) is 18.5. The first-order valence-electron chi connectivity index (χ1n) is 8.90. The monoisotopic (exact) mass is 374 g/mol. The van der Waals surface area contributed by atoms with E-state index in [1.807, 2.05) is 17.0 Å². The van der Waals surface area contributed by atoms with Crippen molar-refractivity contribution in [3.8, 4) is 0 Å². The largest absolute Gasteiger partial charge is 0.350 e. The summed E-state index contributed by atoms with van der Waals surface area (Å²) in [6.07, 6.45) is 6.28. The molecule has 1 saturated heterocycles. The number of rotatable bonds is 6. The number of piperidine rings is 1. The second-order valence-corrected chi connectivity index (χ2v) is 7.06. The highest BCUT2D eigenvalue weighted by molar-refractivity contribution is 6.30. The standard InChI is InChI=1S/C19H23ClN4O2/c20-16-3-1-14(2-4-16)11-15-6-9-24(10-7-15)18(25)5-8-22-19(26)17-12-21-13-23-17/h1-4,12-13,15H,5-11H2,(H,21,23)(H,22,26). The minimum Gasteiger partial charge on any atom is -0.350 e. The Bertz CT molecular complexity index is 723. The fraction of sp³-hybridized carbons (Fsp3) is 0.421. The van der Waals surface area contributed by atoms with Crippen LogP contribution in [0.4, 0.5) is 0 Å². The van der Waals surface area contributed by atoms with Crippen molar-refractivity contribution in [1.29, 1.82) is 0 Å². The van der Waals surface area contributed by atoms with E-state index in [1.54, 1.807) is 0 Å². The fourth-order valence-electron chi connectivity index (χ4n) is 3.26. The van der Waals surface area contributed by atoms with Gasteiger partial charge in [0.25, 0.3) is 5.91 Å². The number of H-pyrrole nitrogens is 1. The lowest BCUT2D eigenvalue weighted by Gasteiger charge is -2.32. The topological polar surface area (TPSA) is 78.1 Å². The number of carbonyl (C=O) groups is 2. The maximum absolute atomic E-state index is 12.3. The number of aromatic nitrogens is 2. The second kappa shape index (κ2) is 8.85. The zero-order valence-corrected chi connectivity index (χ0v) is 15.3. The number of imidazole rings is 1. The van der Waals surface area contributed by atoms with Crippen LogP contribution in [0.3, 0.4) is 0 Å². The van der Waals surface area contributed by atoms with Gasteiger partial charge >= 0.3 is 0 Å². The van der Waals surface area contributed by atoms with Crippen LogP contribution in [0.5, 0.6) is 0 Å². The van der Waals surface area contributed by atoms with Gasteiger partial charge in [0, 0.05) is 31.1 Å². The van der Waals surface area contributed by atoms with Crippen LogP contribution in [0, 0.1) is 5.92 Å². The van der Waals surface area contributed by atoms with Gasteiger partial charge in [-0.2, -0.15) is 0 Å². The molecule has 1 aromatic carbocycles. The molecule has 2 N–H and O–H groups in total. The second-order valence-electron chi connectivity index (χ2n) is 6.63. The summed E-state index contributed by atoms with van der Waals surface area (Å²) in [6, 6.07) is 7.99. The molecular weight excluding hydrogens is 352 g/mol. The lowest BCUT2D eigenvalue weighted by molar-refractivity contribution is -0.132. The summed E-state index contributed by atoms with van der Waals surface area (Å²) < 4.78 is 0. The third-order valence-electron chi connectivity index (χ3n) is 4.77. The van der Waals surface area contributed by atoms with Gasteiger partial charge in [-0.1, -0.05) is 23.7 Å². The van der Waals surface area contributed by atoms with Crippen molar-refractivity contribution in [2.45, 2.75) is 25.7 Å². The van der Waals surface area contributed by atoms with Crippen LogP contribution < -0.4 is 5.32 Å². The van der Waals surface area contributed by atoms with Gasteiger partial charge in [-0.3, -0.25) is 9.59 Å². The Balaban J connectivity index is 1.36. The summed E-state index contributed by atoms with van der Waals surface area (Å²) in [6.45, 7) is 1.90. The molecule has 0 radical (unpaired) electrons. The highest BCUT2D eigenvalue weighted by Gasteiger charge is 2.22. The van der Waals surface area contributed by atoms with E-state index in [0.717, 1.165) is 37.4 Å². The van der Waals surface area contributed by atoms with E-state index in [4.69, 9.17) is 11.6 Å². The Labute approximate surface area is 157 Å². The van der Waals surface area contributed by atoms with Gasteiger partial charge in [0.15, 0.2) is 0 Å². The van der Waals surface area contributed by atoms with E-state index >= 15 is 0 Å². The molecule has 26 heavy (non-hydrogen) atoms. The van der Waals surface area contributed by atoms with Crippen LogP contribution in [0.1, 0.15) is 35.3 Å². The third kappa shape index (κ3) is 5.08. The Morgan fingerprint density at radius 1 is 1.23 bits per heavy atom. The fourth-order valence-corrected chi connectivity index (χ4v) is 3.38. The van der Waals surface area contributed by atoms with Crippen molar-refractivity contribution in [3.63, 3.8) is 0 Å². The molecule has 138 valence electrons. The molecule has 1 aromatic heterocycles. The highest BCUT2D eigenvalue weighted by Crippen LogP contribution is 2.22. The molecule has 2 heterocycles. The van der Waals surface area contributed by atoms with E-state index in [2.05, 4.69) is 27.4 Å². The summed E-state index contributed by atoms with van der Waals surface area (Å²) in [5.74, 6) is 0.456. The molecule has 0 atom stereocenters. The molecule has 0 aliphatic carbocycles. The molecule has 0 spiro atoms. The number of hydrogen-bond acceptors (Lipinski definition) is 3. The number of carbonyl (C=O) groups excluding carboxylic acids is 2. The van der Waals surface area contributed by atoms with E-state index in [0.29, 0.717) is 24.6 Å². The van der Waals surface area contributed by atoms with E-state index in [9.17, 15) is 9.59 Å². The quantitative estimate of drug-likeness (QED) is 0.815. The molecule has 6 nitrogen and oxygen atoms in total. The molecule has 0 unspecified atom stereocenters. The van der Waals surface area contributed by atoms with Crippen molar-refractivity contribution < 1.29 is 9.59 Å². The summed E-state index contributed by atoms with van der Waals surface area (Å²) >= 11 is 5.92. The number of benzene rings is 1. The molecule has 2 aromatic rings. The molecule has 1 aliphatic rings. The Morgan fingerprint density at radius 3 is 2.62 bits per heavy atom. The van der Waals surface area contributed by atoms with Crippen LogP contribution in [0.15, 0.2) is 36.8 Å². The average Bonchev–Trinajstić information content (AvgIpc) is 3.19. The average molecular weight is 375 g/mol. The lowest BCUT2D eigenvalue weighted by Crippen LogP contribution is -2.40. The Morgan fingerprint density at radius 2 is 1.96 bits per heavy atom. The van der Waals surface area contributed by atoms with Crippen molar-refractivity contribution in [1.82, 2.24) is 20.2 Å². The molecule has 3 rings (SSSR count). The molecule has 1 fully saturated rings. The van der Waals surface area contributed by atoms with E-state index in [-0.39, 0.29) is 11.8 Å². The van der Waals surface area contributed by atoms with Crippen molar-refractivity contribution in [3.05, 3.63) is 53.1 Å². The van der Waals surface area contributed by atoms with E-state index in [1.165, 1.54) is 18.1 Å². The molecule has 7 heteroatoms. The molecular formula is C19H23ClN4O2. The minimum atomic E-state index is -0.239. The lowest BCUT2D eigenvalue weighted by atomic mass is 9.90. The maximum atomic E-state index is 12.3. The zero-order chi connectivity index (χ0) is 18.4. The number of amides is 2. The zero-order valence-electron chi connectivity index (χ0n) is 14.6. The first-order valence-corrected chi connectivity index (χ1v) is 9.28. The third-order valence-corrected chi connectivity index (χ3v) is 5.02. The minimum absolute atomic E-state index is 0.0971. The highest BCUT2D eigenvalue weighted by atomic mass is 35.5. The van der Waals surface area contributed by atoms with Gasteiger partial charge in [-0.15, -0.1) is 0 Å². The molecule has 2 amide bonds. The van der Waals surface area contributed by atoms with E-state index < -0.39 is 0 Å². The SMILES string of the molecule is O=C(NCCC(=O)N1CCC(Cc2ccc(Cl)cc2)CC1)c1cnc[nH]1. The van der Waals surface area contributed by atoms with Gasteiger partial charge in [-0.25, -0.2) is 4.98 Å². The van der Waals surface area contributed by atoms with Gasteiger partial charge in [-0.05, 0) is 42.9 Å². The Hall–Kier alpha value is -2.34. The van der Waals surface area contributed by atoms with Crippen molar-refractivity contribution >= 4 is 23.4 Å². The van der Waals surface area contributed by atoms with Crippen LogP contribution >= 0.6 is 11.6 Å². The van der Waals surface area contributed by atoms with Gasteiger partial charge in [0.1, 0.15) is 5.69 Å². The number of likely N-dealkylation sites (tertiary alicyclic amines) is 1. The summed E-state index contributed by atoms with van der Waals surface area (Å²) in [4.78, 5) is 32.5. The van der Waals surface area contributed by atoms with Crippen molar-refractivity contribution in [2.24, 2.45) is 5.92 Å². The number of halogens is 1. The summed E-state index contributed by atoms with van der Waals surface area (Å²) in [5, 5.41) is 3.49. The van der Waals surface area contributed by atoms with Crippen LogP contribution in [0.2, 0.25) is 5.02 Å². The summed E-state index contributed by atoms with van der Waals surface area (Å²) in [7, 11) is 0. The molecule has 0 bridgehead atoms. The summed E-state index contributed by atoms with van der Waals surface area (Å²) in [5.41, 5.74) is 1.70. The van der Waals surface area contributed by atoms with Crippen LogP contribution in [-0.4, -0.2) is 46.3 Å². The van der Waals surface area contributed by atoms with Crippen LogP contribution in [0.25, 0.3) is 0 Å². The number of aromatic amines is 1. The van der Waals surface area contributed by atoms with Gasteiger partial charge < -0.3 is 15.2 Å². The molecule has 0 saturated carbocycles. The van der Waals surface area contributed by atoms with Crippen molar-refractivity contribution in [2.75, 3.05) is 19.6 Å². The number of nitrogens with one attached hydrogen (secondary N) is 2. The predicted molar refractivity (Wildman–Crippen MR) is 100.0 cm³/mol. The Kier molecular flexibility index (Phi) is 6.28. The predicted octanol–water partition coefficient (Wildman–Crippen LogP) is 2.66. The first-order chi connectivity index (χ1) is 12.6. The van der Waals surface area contributed by atoms with Gasteiger partial charge in [0.05, 0.1) is 12.5 Å². The van der Waals surface area contributed by atoms with Crippen LogP contribution in [-0.2, 0) is 11.2 Å². The maximum Gasteiger partial charge on any atom is 0.269 e. The normalized spacial score (nSPS) is 15.0. The number of hydrogen-bond donors (Lipinski definition) is 2. The smallest absolute Gasteiger partial charge is 0.269 e. The number of nitrogens with zero attached hydrogens (tertiary/aromatic N) is 2.